The summed E-state index contributed by atoms with van der Waals surface area (Å²) in [4.78, 5) is 24.3. The number of benzene rings is 2. The van der Waals surface area contributed by atoms with Gasteiger partial charge in [-0.3, -0.25) is 4.55 Å². The summed E-state index contributed by atoms with van der Waals surface area (Å²) in [5.41, 5.74) is 0.0302. The van der Waals surface area contributed by atoms with Crippen LogP contribution in [0.2, 0.25) is 0 Å². The van der Waals surface area contributed by atoms with E-state index in [2.05, 4.69) is 4.74 Å². The van der Waals surface area contributed by atoms with E-state index < -0.39 is 46.9 Å². The Bertz CT molecular complexity index is 965. The van der Waals surface area contributed by atoms with E-state index in [-0.39, 0.29) is 16.5 Å². The molecule has 0 bridgehead atoms. The molecule has 0 saturated heterocycles. The number of fused-ring (bicyclic) bond motifs is 1. The Kier molecular flexibility index (Phi) is 6.11. The first kappa shape index (κ1) is 20.7. The molecule has 0 aliphatic heterocycles. The molecule has 0 aromatic heterocycles. The van der Waals surface area contributed by atoms with Crippen LogP contribution in [0.25, 0.3) is 10.8 Å². The van der Waals surface area contributed by atoms with Gasteiger partial charge in [0.25, 0.3) is 16.0 Å². The number of carbonyl (C=O) groups is 2. The molecule has 10 heteroatoms. The van der Waals surface area contributed by atoms with Crippen LogP contribution in [0, 0.1) is 0 Å². The van der Waals surface area contributed by atoms with Gasteiger partial charge in [0.05, 0.1) is 11.1 Å². The van der Waals surface area contributed by atoms with Gasteiger partial charge in [-0.15, -0.1) is 0 Å². The fraction of sp³-hybridized carbons (Fsp3) is 0.294. The second-order valence-corrected chi connectivity index (χ2v) is 7.35. The van der Waals surface area contributed by atoms with Gasteiger partial charge in [-0.1, -0.05) is 24.3 Å². The quantitative estimate of drug-likeness (QED) is 0.560. The molecule has 0 fully saturated rings. The molecule has 0 heterocycles. The number of halogens is 2. The molecule has 27 heavy (non-hydrogen) atoms. The van der Waals surface area contributed by atoms with Gasteiger partial charge in [0.15, 0.2) is 6.61 Å². The number of carbonyl (C=O) groups excluding carboxylic acids is 2. The minimum absolute atomic E-state index is 0.00987. The molecular weight excluding hydrogens is 386 g/mol. The SMILES string of the molecule is CC(F)(F)COC(=O)c1cccc2c(C(=O)OCCS(=O)(=O)O)cccc12. The fourth-order valence-corrected chi connectivity index (χ4v) is 2.55. The molecule has 2 aromatic rings. The lowest BCUT2D eigenvalue weighted by Gasteiger charge is -2.13. The Morgan fingerprint density at radius 2 is 1.48 bits per heavy atom. The number of alkyl halides is 2. The molecule has 0 spiro atoms. The molecule has 7 nitrogen and oxygen atoms in total. The van der Waals surface area contributed by atoms with Crippen molar-refractivity contribution in [1.82, 2.24) is 0 Å². The highest BCUT2D eigenvalue weighted by atomic mass is 32.2. The monoisotopic (exact) mass is 402 g/mol. The van der Waals surface area contributed by atoms with Crippen molar-refractivity contribution in [2.24, 2.45) is 0 Å². The average Bonchev–Trinajstić information content (AvgIpc) is 2.56. The largest absolute Gasteiger partial charge is 0.461 e. The molecule has 0 aliphatic carbocycles. The predicted molar refractivity (Wildman–Crippen MR) is 91.5 cm³/mol. The van der Waals surface area contributed by atoms with Crippen molar-refractivity contribution >= 4 is 32.8 Å². The molecule has 0 saturated carbocycles. The van der Waals surface area contributed by atoms with Crippen LogP contribution in [0.15, 0.2) is 36.4 Å². The maximum atomic E-state index is 12.9. The van der Waals surface area contributed by atoms with E-state index in [1.807, 2.05) is 0 Å². The van der Waals surface area contributed by atoms with E-state index in [0.29, 0.717) is 12.3 Å². The van der Waals surface area contributed by atoms with Crippen LogP contribution in [0.1, 0.15) is 27.6 Å². The fourth-order valence-electron chi connectivity index (χ4n) is 2.25. The summed E-state index contributed by atoms with van der Waals surface area (Å²) in [7, 11) is -4.28. The Morgan fingerprint density at radius 3 is 1.93 bits per heavy atom. The average molecular weight is 402 g/mol. The number of hydrogen-bond donors (Lipinski definition) is 1. The van der Waals surface area contributed by atoms with Crippen molar-refractivity contribution < 1.29 is 40.8 Å². The lowest BCUT2D eigenvalue weighted by atomic mass is 10.00. The van der Waals surface area contributed by atoms with Gasteiger partial charge >= 0.3 is 11.9 Å². The van der Waals surface area contributed by atoms with Gasteiger partial charge in [0.2, 0.25) is 0 Å². The molecule has 1 N–H and O–H groups in total. The first-order valence-corrected chi connectivity index (χ1v) is 9.28. The van der Waals surface area contributed by atoms with Crippen molar-refractivity contribution in [2.75, 3.05) is 19.0 Å². The Labute approximate surface area is 153 Å². The maximum absolute atomic E-state index is 12.9. The summed E-state index contributed by atoms with van der Waals surface area (Å²) in [6, 6.07) is 8.68. The number of esters is 2. The third-order valence-electron chi connectivity index (χ3n) is 3.39. The third kappa shape index (κ3) is 5.97. The lowest BCUT2D eigenvalue weighted by Crippen LogP contribution is -2.21. The van der Waals surface area contributed by atoms with E-state index in [4.69, 9.17) is 9.29 Å². The molecule has 0 aliphatic rings. The normalized spacial score (nSPS) is 12.0. The molecule has 0 radical (unpaired) electrons. The van der Waals surface area contributed by atoms with E-state index >= 15 is 0 Å². The summed E-state index contributed by atoms with van der Waals surface area (Å²) in [5, 5.41) is 0.582. The topological polar surface area (TPSA) is 107 Å². The Hall–Kier alpha value is -2.59. The second kappa shape index (κ2) is 7.97. The van der Waals surface area contributed by atoms with Crippen molar-refractivity contribution in [1.29, 1.82) is 0 Å². The Balaban J connectivity index is 2.28. The zero-order valence-corrected chi connectivity index (χ0v) is 15.0. The molecule has 0 unspecified atom stereocenters. The smallest absolute Gasteiger partial charge is 0.338 e. The molecular formula is C17H16F2O7S. The number of ether oxygens (including phenoxy) is 2. The predicted octanol–water partition coefficient (Wildman–Crippen LogP) is 2.70. The van der Waals surface area contributed by atoms with E-state index in [9.17, 15) is 26.8 Å². The van der Waals surface area contributed by atoms with Crippen LogP contribution in [0.3, 0.4) is 0 Å². The molecule has 0 atom stereocenters. The molecule has 0 amide bonds. The van der Waals surface area contributed by atoms with Gasteiger partial charge in [-0.05, 0) is 22.9 Å². The van der Waals surface area contributed by atoms with Crippen LogP contribution in [-0.2, 0) is 19.6 Å². The van der Waals surface area contributed by atoms with Crippen LogP contribution in [0.4, 0.5) is 8.78 Å². The zero-order valence-electron chi connectivity index (χ0n) is 14.1. The van der Waals surface area contributed by atoms with Gasteiger partial charge in [0.1, 0.15) is 12.4 Å². The third-order valence-corrected chi connectivity index (χ3v) is 4.08. The first-order valence-electron chi connectivity index (χ1n) is 7.67. The van der Waals surface area contributed by atoms with Gasteiger partial charge in [-0.25, -0.2) is 18.4 Å². The van der Waals surface area contributed by atoms with Crippen molar-refractivity contribution in [3.8, 4) is 0 Å². The minimum atomic E-state index is -4.28. The van der Waals surface area contributed by atoms with E-state index in [1.54, 1.807) is 0 Å². The second-order valence-electron chi connectivity index (χ2n) is 5.77. The number of hydrogen-bond acceptors (Lipinski definition) is 6. The highest BCUT2D eigenvalue weighted by Gasteiger charge is 2.25. The van der Waals surface area contributed by atoms with Crippen LogP contribution >= 0.6 is 0 Å². The van der Waals surface area contributed by atoms with Crippen LogP contribution in [-0.4, -0.2) is 49.8 Å². The number of rotatable bonds is 7. The standard InChI is InChI=1S/C17H16F2O7S/c1-17(18,19)10-26-16(21)14-7-3-4-11-12(14)5-2-6-13(11)15(20)25-8-9-27(22,23)24/h2-7H,8-10H2,1H3,(H,22,23,24). The Morgan fingerprint density at radius 1 is 1.00 bits per heavy atom. The summed E-state index contributed by atoms with van der Waals surface area (Å²) in [6.07, 6.45) is 0. The van der Waals surface area contributed by atoms with E-state index in [0.717, 1.165) is 0 Å². The van der Waals surface area contributed by atoms with Crippen LogP contribution < -0.4 is 0 Å². The van der Waals surface area contributed by atoms with E-state index in [1.165, 1.54) is 36.4 Å². The summed E-state index contributed by atoms with van der Waals surface area (Å²) < 4.78 is 65.2. The van der Waals surface area contributed by atoms with Crippen molar-refractivity contribution in [3.63, 3.8) is 0 Å². The zero-order chi connectivity index (χ0) is 20.2. The highest BCUT2D eigenvalue weighted by molar-refractivity contribution is 7.85. The first-order chi connectivity index (χ1) is 12.5. The van der Waals surface area contributed by atoms with Gasteiger partial charge < -0.3 is 9.47 Å². The molecule has 2 rings (SSSR count). The highest BCUT2D eigenvalue weighted by Crippen LogP contribution is 2.24. The van der Waals surface area contributed by atoms with Gasteiger partial charge in [0, 0.05) is 6.92 Å². The minimum Gasteiger partial charge on any atom is -0.461 e. The lowest BCUT2D eigenvalue weighted by molar-refractivity contribution is -0.0466. The van der Waals surface area contributed by atoms with Crippen molar-refractivity contribution in [3.05, 3.63) is 47.5 Å². The maximum Gasteiger partial charge on any atom is 0.338 e. The van der Waals surface area contributed by atoms with Crippen LogP contribution in [0.5, 0.6) is 0 Å². The summed E-state index contributed by atoms with van der Waals surface area (Å²) in [6.45, 7) is -1.02. The summed E-state index contributed by atoms with van der Waals surface area (Å²) in [5.74, 6) is -5.77. The summed E-state index contributed by atoms with van der Waals surface area (Å²) >= 11 is 0. The molecule has 2 aromatic carbocycles. The van der Waals surface area contributed by atoms with Gasteiger partial charge in [-0.2, -0.15) is 8.42 Å². The molecule has 146 valence electrons. The van der Waals surface area contributed by atoms with Crippen molar-refractivity contribution in [2.45, 2.75) is 12.8 Å².